The van der Waals surface area contributed by atoms with Gasteiger partial charge in [0.2, 0.25) is 11.8 Å². The normalized spacial score (nSPS) is 16.6. The number of rotatable bonds is 5. The number of hydrogen-bond acceptors (Lipinski definition) is 4. The Balaban J connectivity index is 1.49. The molecule has 4 rings (SSSR count). The number of carbonyl (C=O) groups is 2. The summed E-state index contributed by atoms with van der Waals surface area (Å²) in [6.45, 7) is 0. The topological polar surface area (TPSA) is 58.2 Å². The second-order valence-corrected chi connectivity index (χ2v) is 9.17. The van der Waals surface area contributed by atoms with Gasteiger partial charge in [0, 0.05) is 21.2 Å². The molecule has 2 amide bonds. The van der Waals surface area contributed by atoms with E-state index in [-0.39, 0.29) is 24.1 Å². The van der Waals surface area contributed by atoms with Crippen LogP contribution in [0.4, 0.5) is 10.1 Å². The molecule has 8 heteroatoms. The monoisotopic (exact) mass is 446 g/mol. The minimum Gasteiger partial charge on any atom is -0.344 e. The van der Waals surface area contributed by atoms with E-state index >= 15 is 0 Å². The summed E-state index contributed by atoms with van der Waals surface area (Å²) in [5.74, 6) is -0.814. The van der Waals surface area contributed by atoms with Gasteiger partial charge in [0.25, 0.3) is 0 Å². The molecule has 0 bridgehead atoms. The average Bonchev–Trinajstić information content (AvgIpc) is 3.22. The smallest absolute Gasteiger partial charge is 0.238 e. The quantitative estimate of drug-likeness (QED) is 0.562. The van der Waals surface area contributed by atoms with Crippen molar-refractivity contribution in [2.75, 3.05) is 5.32 Å². The Bertz CT molecular complexity index is 1040. The lowest BCUT2D eigenvalue weighted by Crippen LogP contribution is -2.36. The van der Waals surface area contributed by atoms with Crippen molar-refractivity contribution in [3.05, 3.63) is 81.3 Å². The van der Waals surface area contributed by atoms with Crippen molar-refractivity contribution in [1.82, 2.24) is 5.32 Å². The number of nitrogens with one attached hydrogen (secondary N) is 2. The summed E-state index contributed by atoms with van der Waals surface area (Å²) >= 11 is 8.82. The van der Waals surface area contributed by atoms with Gasteiger partial charge in [0.05, 0.1) is 17.0 Å². The van der Waals surface area contributed by atoms with Crippen LogP contribution in [0.2, 0.25) is 5.02 Å². The zero-order valence-corrected chi connectivity index (χ0v) is 17.4. The van der Waals surface area contributed by atoms with Crippen LogP contribution in [0.1, 0.15) is 22.9 Å². The molecule has 2 atom stereocenters. The molecular weight excluding hydrogens is 431 g/mol. The van der Waals surface area contributed by atoms with Gasteiger partial charge in [0.15, 0.2) is 0 Å². The van der Waals surface area contributed by atoms with Crippen LogP contribution < -0.4 is 10.6 Å². The molecule has 2 N–H and O–H groups in total. The van der Waals surface area contributed by atoms with Crippen molar-refractivity contribution < 1.29 is 14.0 Å². The number of hydrogen-bond donors (Lipinski definition) is 2. The van der Waals surface area contributed by atoms with Gasteiger partial charge in [0.1, 0.15) is 5.82 Å². The highest BCUT2D eigenvalue weighted by Crippen LogP contribution is 2.38. The largest absolute Gasteiger partial charge is 0.344 e. The summed E-state index contributed by atoms with van der Waals surface area (Å²) in [5.41, 5.74) is 1.44. The lowest BCUT2D eigenvalue weighted by Gasteiger charge is -2.25. The Morgan fingerprint density at radius 3 is 2.72 bits per heavy atom. The molecule has 1 aromatic heterocycles. The Morgan fingerprint density at radius 1 is 1.21 bits per heavy atom. The number of halogens is 2. The maximum atomic E-state index is 13.3. The highest BCUT2D eigenvalue weighted by atomic mass is 35.5. The lowest BCUT2D eigenvalue weighted by atomic mass is 10.0. The number of amides is 2. The molecule has 0 fully saturated rings. The van der Waals surface area contributed by atoms with Gasteiger partial charge in [-0.25, -0.2) is 4.39 Å². The van der Waals surface area contributed by atoms with Crippen molar-refractivity contribution in [2.24, 2.45) is 0 Å². The van der Waals surface area contributed by atoms with E-state index in [1.807, 2.05) is 23.6 Å². The van der Waals surface area contributed by atoms with Crippen molar-refractivity contribution >= 4 is 52.2 Å². The van der Waals surface area contributed by atoms with Crippen LogP contribution in [0.5, 0.6) is 0 Å². The van der Waals surface area contributed by atoms with E-state index in [4.69, 9.17) is 11.6 Å². The van der Waals surface area contributed by atoms with E-state index < -0.39 is 11.3 Å². The summed E-state index contributed by atoms with van der Waals surface area (Å²) in [5, 5.41) is 7.72. The first-order valence-corrected chi connectivity index (χ1v) is 11.0. The molecule has 4 nitrogen and oxygen atoms in total. The molecule has 0 spiro atoms. The van der Waals surface area contributed by atoms with Crippen LogP contribution in [-0.4, -0.2) is 17.1 Å². The maximum absolute atomic E-state index is 13.3. The fraction of sp³-hybridized carbons (Fsp3) is 0.143. The van der Waals surface area contributed by atoms with Crippen molar-refractivity contribution in [1.29, 1.82) is 0 Å². The predicted octanol–water partition coefficient (Wildman–Crippen LogP) is 5.25. The zero-order chi connectivity index (χ0) is 20.4. The third kappa shape index (κ3) is 4.63. The highest BCUT2D eigenvalue weighted by molar-refractivity contribution is 8.01. The van der Waals surface area contributed by atoms with Gasteiger partial charge >= 0.3 is 0 Å². The number of carbonyl (C=O) groups excluding carboxylic acids is 2. The molecule has 148 valence electrons. The Morgan fingerprint density at radius 2 is 2.00 bits per heavy atom. The molecule has 0 radical (unpaired) electrons. The van der Waals surface area contributed by atoms with E-state index in [1.54, 1.807) is 24.3 Å². The molecule has 3 aromatic rings. The van der Waals surface area contributed by atoms with E-state index in [0.717, 1.165) is 15.3 Å². The second-order valence-electron chi connectivity index (χ2n) is 6.51. The minimum atomic E-state index is -0.541. The van der Waals surface area contributed by atoms with Crippen LogP contribution in [0, 0.1) is 5.82 Å². The van der Waals surface area contributed by atoms with Crippen molar-refractivity contribution in [2.45, 2.75) is 22.6 Å². The minimum absolute atomic E-state index is 0.0294. The molecule has 0 aliphatic carbocycles. The van der Waals surface area contributed by atoms with Crippen LogP contribution in [0.3, 0.4) is 0 Å². The van der Waals surface area contributed by atoms with E-state index in [2.05, 4.69) is 10.6 Å². The van der Waals surface area contributed by atoms with Gasteiger partial charge in [-0.15, -0.1) is 23.1 Å². The van der Waals surface area contributed by atoms with Crippen LogP contribution in [0.15, 0.2) is 64.9 Å². The maximum Gasteiger partial charge on any atom is 0.238 e. The van der Waals surface area contributed by atoms with Gasteiger partial charge < -0.3 is 10.6 Å². The van der Waals surface area contributed by atoms with Gasteiger partial charge in [-0.1, -0.05) is 29.8 Å². The fourth-order valence-corrected chi connectivity index (χ4v) is 5.14. The summed E-state index contributed by atoms with van der Waals surface area (Å²) in [4.78, 5) is 27.0. The Kier molecular flexibility index (Phi) is 5.89. The van der Waals surface area contributed by atoms with Crippen molar-refractivity contribution in [3.63, 3.8) is 0 Å². The van der Waals surface area contributed by atoms with Gasteiger partial charge in [-0.05, 0) is 47.3 Å². The SMILES string of the molecule is O=C(CC1Sc2ccc(Cl)cc2NC1=O)NC(c1ccc(F)cc1)c1cccs1. The van der Waals surface area contributed by atoms with E-state index in [1.165, 1.54) is 35.2 Å². The van der Waals surface area contributed by atoms with Crippen LogP contribution in [-0.2, 0) is 9.59 Å². The molecule has 1 aliphatic rings. The number of fused-ring (bicyclic) bond motifs is 1. The van der Waals surface area contributed by atoms with E-state index in [0.29, 0.717) is 10.7 Å². The summed E-state index contributed by atoms with van der Waals surface area (Å²) in [6.07, 6.45) is 0.0294. The third-order valence-electron chi connectivity index (χ3n) is 4.47. The molecular formula is C21H16ClFN2O2S2. The number of thioether (sulfide) groups is 1. The van der Waals surface area contributed by atoms with Gasteiger partial charge in [-0.2, -0.15) is 0 Å². The summed E-state index contributed by atoms with van der Waals surface area (Å²) < 4.78 is 13.3. The molecule has 0 saturated heterocycles. The highest BCUT2D eigenvalue weighted by Gasteiger charge is 2.30. The molecule has 2 aromatic carbocycles. The van der Waals surface area contributed by atoms with E-state index in [9.17, 15) is 14.0 Å². The summed E-state index contributed by atoms with van der Waals surface area (Å²) in [6, 6.07) is 14.7. The first kappa shape index (κ1) is 19.9. The van der Waals surface area contributed by atoms with Crippen LogP contribution in [0.25, 0.3) is 0 Å². The molecule has 1 aliphatic heterocycles. The average molecular weight is 447 g/mol. The molecule has 0 saturated carbocycles. The Hall–Kier alpha value is -2.35. The molecule has 2 heterocycles. The fourth-order valence-electron chi connectivity index (χ4n) is 3.07. The van der Waals surface area contributed by atoms with Crippen LogP contribution >= 0.6 is 34.7 Å². The zero-order valence-electron chi connectivity index (χ0n) is 15.0. The van der Waals surface area contributed by atoms with Crippen molar-refractivity contribution in [3.8, 4) is 0 Å². The molecule has 2 unspecified atom stereocenters. The number of thiophene rings is 1. The molecule has 29 heavy (non-hydrogen) atoms. The number of benzene rings is 2. The first-order chi connectivity index (χ1) is 14.0. The lowest BCUT2D eigenvalue weighted by molar-refractivity contribution is -0.124. The third-order valence-corrected chi connectivity index (χ3v) is 6.92. The Labute approximate surface area is 180 Å². The first-order valence-electron chi connectivity index (χ1n) is 8.85. The number of anilines is 1. The standard InChI is InChI=1S/C21H16ClFN2O2S2/c22-13-5-8-16-15(10-13)24-21(27)18(29-16)11-19(26)25-20(17-2-1-9-28-17)12-3-6-14(23)7-4-12/h1-10,18,20H,11H2,(H,24,27)(H,25,26). The predicted molar refractivity (Wildman–Crippen MR) is 115 cm³/mol. The second kappa shape index (κ2) is 8.57. The summed E-state index contributed by atoms with van der Waals surface area (Å²) in [7, 11) is 0. The van der Waals surface area contributed by atoms with Gasteiger partial charge in [-0.3, -0.25) is 9.59 Å².